The van der Waals surface area contributed by atoms with Gasteiger partial charge in [-0.2, -0.15) is 0 Å². The summed E-state index contributed by atoms with van der Waals surface area (Å²) in [4.78, 5) is 27.4. The Kier molecular flexibility index (Phi) is 6.04. The molecule has 8 nitrogen and oxygen atoms in total. The molecule has 0 radical (unpaired) electrons. The van der Waals surface area contributed by atoms with E-state index in [1.807, 2.05) is 6.07 Å². The average molecular weight is 398 g/mol. The van der Waals surface area contributed by atoms with Crippen molar-refractivity contribution in [3.63, 3.8) is 0 Å². The van der Waals surface area contributed by atoms with Crippen LogP contribution in [0.4, 0.5) is 5.69 Å². The van der Waals surface area contributed by atoms with Crippen molar-refractivity contribution >= 4 is 22.5 Å². The number of anilines is 1. The molecule has 29 heavy (non-hydrogen) atoms. The van der Waals surface area contributed by atoms with Gasteiger partial charge in [0, 0.05) is 29.8 Å². The molecular weight excluding hydrogens is 376 g/mol. The van der Waals surface area contributed by atoms with Gasteiger partial charge < -0.3 is 29.2 Å². The fourth-order valence-electron chi connectivity index (χ4n) is 3.10. The van der Waals surface area contributed by atoms with E-state index in [1.165, 1.54) is 27.4 Å². The molecule has 0 bridgehead atoms. The first-order valence-corrected chi connectivity index (χ1v) is 8.77. The molecule has 1 heterocycles. The Morgan fingerprint density at radius 1 is 0.966 bits per heavy atom. The Bertz CT molecular complexity index is 1080. The minimum absolute atomic E-state index is 0.238. The minimum Gasteiger partial charge on any atom is -0.493 e. The van der Waals surface area contributed by atoms with E-state index < -0.39 is 0 Å². The first-order chi connectivity index (χ1) is 14.0. The summed E-state index contributed by atoms with van der Waals surface area (Å²) in [5.41, 5.74) is 2.00. The Balaban J connectivity index is 1.95. The molecular formula is C21H22N2O6. The van der Waals surface area contributed by atoms with Crippen molar-refractivity contribution in [2.75, 3.05) is 33.8 Å². The molecule has 1 aromatic heterocycles. The smallest absolute Gasteiger partial charge is 0.255 e. The molecule has 2 aromatic carbocycles. The average Bonchev–Trinajstić information content (AvgIpc) is 2.72. The van der Waals surface area contributed by atoms with Crippen LogP contribution in [0.5, 0.6) is 17.2 Å². The van der Waals surface area contributed by atoms with E-state index in [9.17, 15) is 9.59 Å². The molecule has 0 aliphatic rings. The van der Waals surface area contributed by atoms with Crippen molar-refractivity contribution in [1.82, 2.24) is 4.98 Å². The summed E-state index contributed by atoms with van der Waals surface area (Å²) < 4.78 is 21.0. The first-order valence-electron chi connectivity index (χ1n) is 8.77. The van der Waals surface area contributed by atoms with Gasteiger partial charge in [0.1, 0.15) is 0 Å². The number of aromatic amines is 1. The lowest BCUT2D eigenvalue weighted by Gasteiger charge is -2.14. The molecule has 0 aliphatic heterocycles. The van der Waals surface area contributed by atoms with Crippen LogP contribution in [0.1, 0.15) is 15.9 Å². The zero-order valence-corrected chi connectivity index (χ0v) is 16.6. The summed E-state index contributed by atoms with van der Waals surface area (Å²) in [6.07, 6.45) is 0. The molecule has 1 amide bonds. The molecule has 0 spiro atoms. The number of fused-ring (bicyclic) bond motifs is 1. The third-order valence-corrected chi connectivity index (χ3v) is 4.41. The second-order valence-corrected chi connectivity index (χ2v) is 6.22. The van der Waals surface area contributed by atoms with Crippen molar-refractivity contribution < 1.29 is 23.7 Å². The number of aromatic nitrogens is 1. The highest BCUT2D eigenvalue weighted by atomic mass is 16.5. The zero-order chi connectivity index (χ0) is 21.0. The number of pyridine rings is 1. The molecule has 8 heteroatoms. The highest BCUT2D eigenvalue weighted by Crippen LogP contribution is 2.38. The van der Waals surface area contributed by atoms with E-state index in [0.717, 1.165) is 10.9 Å². The number of amides is 1. The molecule has 0 saturated carbocycles. The quantitative estimate of drug-likeness (QED) is 0.635. The number of benzene rings is 2. The molecule has 0 saturated heterocycles. The molecule has 3 rings (SSSR count). The van der Waals surface area contributed by atoms with Crippen molar-refractivity contribution in [2.45, 2.75) is 6.61 Å². The van der Waals surface area contributed by atoms with Gasteiger partial charge in [0.25, 0.3) is 5.91 Å². The van der Waals surface area contributed by atoms with E-state index in [1.54, 1.807) is 31.4 Å². The van der Waals surface area contributed by atoms with Crippen LogP contribution in [-0.2, 0) is 11.3 Å². The van der Waals surface area contributed by atoms with Crippen molar-refractivity contribution in [2.24, 2.45) is 0 Å². The molecule has 0 unspecified atom stereocenters. The topological polar surface area (TPSA) is 98.9 Å². The molecule has 3 aromatic rings. The predicted octanol–water partition coefficient (Wildman–Crippen LogP) is 2.95. The largest absolute Gasteiger partial charge is 0.493 e. The summed E-state index contributed by atoms with van der Waals surface area (Å²) in [5.74, 6) is 0.799. The van der Waals surface area contributed by atoms with Crippen LogP contribution in [0.25, 0.3) is 10.9 Å². The third kappa shape index (κ3) is 4.17. The van der Waals surface area contributed by atoms with E-state index in [-0.39, 0.29) is 11.5 Å². The maximum absolute atomic E-state index is 12.8. The Morgan fingerprint density at radius 3 is 2.24 bits per heavy atom. The van der Waals surface area contributed by atoms with Crippen LogP contribution >= 0.6 is 0 Å². The number of hydrogen-bond acceptors (Lipinski definition) is 6. The molecule has 0 atom stereocenters. The number of nitrogens with one attached hydrogen (secondary N) is 2. The van der Waals surface area contributed by atoms with Gasteiger partial charge in [-0.15, -0.1) is 0 Å². The second-order valence-electron chi connectivity index (χ2n) is 6.22. The number of H-pyrrole nitrogens is 1. The lowest BCUT2D eigenvalue weighted by atomic mass is 10.1. The SMILES string of the molecule is COCc1cc(=O)[nH]c2cc(NC(=O)c3cc(OC)c(OC)c(OC)c3)ccc12. The van der Waals surface area contributed by atoms with Crippen molar-refractivity contribution in [3.05, 3.63) is 57.9 Å². The number of rotatable bonds is 7. The monoisotopic (exact) mass is 398 g/mol. The van der Waals surface area contributed by atoms with Gasteiger partial charge in [-0.05, 0) is 29.8 Å². The van der Waals surface area contributed by atoms with Gasteiger partial charge >= 0.3 is 0 Å². The van der Waals surface area contributed by atoms with Crippen molar-refractivity contribution in [3.8, 4) is 17.2 Å². The number of carbonyl (C=O) groups excluding carboxylic acids is 1. The standard InChI is InChI=1S/C21H22N2O6/c1-26-11-13-9-19(24)23-16-10-14(5-6-15(13)16)22-21(25)12-7-17(27-2)20(29-4)18(8-12)28-3/h5-10H,11H2,1-4H3,(H,22,25)(H,23,24). The maximum Gasteiger partial charge on any atom is 0.255 e. The van der Waals surface area contributed by atoms with Crippen LogP contribution in [0, 0.1) is 0 Å². The number of hydrogen-bond donors (Lipinski definition) is 2. The van der Waals surface area contributed by atoms with Gasteiger partial charge in [-0.25, -0.2) is 0 Å². The molecule has 0 fully saturated rings. The summed E-state index contributed by atoms with van der Waals surface area (Å²) in [6.45, 7) is 0.317. The Labute approximate surface area is 167 Å². The van der Waals surface area contributed by atoms with Crippen molar-refractivity contribution in [1.29, 1.82) is 0 Å². The summed E-state index contributed by atoms with van der Waals surface area (Å²) in [7, 11) is 6.03. The van der Waals surface area contributed by atoms with Gasteiger partial charge in [-0.1, -0.05) is 6.07 Å². The Hall–Kier alpha value is -3.52. The van der Waals surface area contributed by atoms with Crippen LogP contribution in [0.2, 0.25) is 0 Å². The third-order valence-electron chi connectivity index (χ3n) is 4.41. The van der Waals surface area contributed by atoms with Crippen LogP contribution < -0.4 is 25.1 Å². The van der Waals surface area contributed by atoms with Gasteiger partial charge in [-0.3, -0.25) is 9.59 Å². The summed E-state index contributed by atoms with van der Waals surface area (Å²) in [6, 6.07) is 9.92. The van der Waals surface area contributed by atoms with Crippen LogP contribution in [0.15, 0.2) is 41.2 Å². The maximum atomic E-state index is 12.8. The van der Waals surface area contributed by atoms with E-state index >= 15 is 0 Å². The minimum atomic E-state index is -0.362. The number of carbonyl (C=O) groups is 1. The Morgan fingerprint density at radius 2 is 1.66 bits per heavy atom. The number of ether oxygens (including phenoxy) is 4. The van der Waals surface area contributed by atoms with Crippen LogP contribution in [0.3, 0.4) is 0 Å². The fraction of sp³-hybridized carbons (Fsp3) is 0.238. The predicted molar refractivity (Wildman–Crippen MR) is 109 cm³/mol. The van der Waals surface area contributed by atoms with E-state index in [2.05, 4.69) is 10.3 Å². The summed E-state index contributed by atoms with van der Waals surface area (Å²) in [5, 5.41) is 3.66. The first kappa shape index (κ1) is 20.2. The van der Waals surface area contributed by atoms with Gasteiger partial charge in [0.2, 0.25) is 11.3 Å². The normalized spacial score (nSPS) is 10.6. The molecule has 2 N–H and O–H groups in total. The molecule has 152 valence electrons. The fourth-order valence-corrected chi connectivity index (χ4v) is 3.10. The highest BCUT2D eigenvalue weighted by Gasteiger charge is 2.17. The summed E-state index contributed by atoms with van der Waals surface area (Å²) >= 11 is 0. The van der Waals surface area contributed by atoms with E-state index in [4.69, 9.17) is 18.9 Å². The van der Waals surface area contributed by atoms with Crippen LogP contribution in [-0.4, -0.2) is 39.3 Å². The number of methoxy groups -OCH3 is 4. The lowest BCUT2D eigenvalue weighted by Crippen LogP contribution is -2.13. The molecule has 0 aliphatic carbocycles. The second kappa shape index (κ2) is 8.66. The van der Waals surface area contributed by atoms with Gasteiger partial charge in [0.05, 0.1) is 33.5 Å². The lowest BCUT2D eigenvalue weighted by molar-refractivity contribution is 0.102. The highest BCUT2D eigenvalue weighted by molar-refractivity contribution is 6.06. The van der Waals surface area contributed by atoms with Gasteiger partial charge in [0.15, 0.2) is 11.5 Å². The van der Waals surface area contributed by atoms with E-state index in [0.29, 0.717) is 40.6 Å². The zero-order valence-electron chi connectivity index (χ0n) is 16.6.